The van der Waals surface area contributed by atoms with Crippen molar-refractivity contribution in [2.45, 2.75) is 58.4 Å². The van der Waals surface area contributed by atoms with E-state index in [-0.39, 0.29) is 29.9 Å². The van der Waals surface area contributed by atoms with Gasteiger partial charge in [-0.25, -0.2) is 0 Å². The molecule has 156 valence electrons. The van der Waals surface area contributed by atoms with Gasteiger partial charge >= 0.3 is 0 Å². The van der Waals surface area contributed by atoms with Gasteiger partial charge in [-0.1, -0.05) is 6.07 Å². The van der Waals surface area contributed by atoms with Crippen LogP contribution in [0.2, 0.25) is 0 Å². The smallest absolute Gasteiger partial charge is 0.178 e. The lowest BCUT2D eigenvalue weighted by molar-refractivity contribution is -0.118. The highest BCUT2D eigenvalue weighted by atomic mass is 32.2. The lowest BCUT2D eigenvalue weighted by atomic mass is 10.0. The number of carbonyl (C=O) groups excluding carboxylic acids is 1. The van der Waals surface area contributed by atoms with Gasteiger partial charge in [0.25, 0.3) is 0 Å². The summed E-state index contributed by atoms with van der Waals surface area (Å²) in [5.74, 6) is -0.00837. The molecule has 0 amide bonds. The van der Waals surface area contributed by atoms with Crippen LogP contribution in [0.3, 0.4) is 0 Å². The van der Waals surface area contributed by atoms with Crippen LogP contribution in [0.15, 0.2) is 12.1 Å². The van der Waals surface area contributed by atoms with Crippen molar-refractivity contribution in [1.29, 1.82) is 0 Å². The average molecular weight is 410 g/mol. The number of phenols is 1. The van der Waals surface area contributed by atoms with E-state index in [2.05, 4.69) is 18.7 Å². The normalized spacial score (nSPS) is 24.9. The van der Waals surface area contributed by atoms with Crippen molar-refractivity contribution in [3.8, 4) is 5.75 Å². The highest BCUT2D eigenvalue weighted by molar-refractivity contribution is 7.93. The van der Waals surface area contributed by atoms with Gasteiger partial charge in [0.2, 0.25) is 0 Å². The van der Waals surface area contributed by atoms with E-state index < -0.39 is 17.4 Å². The molecule has 0 saturated carbocycles. The number of nitrogens with two attached hydrogens (primary N) is 1. The highest BCUT2D eigenvalue weighted by Gasteiger charge is 2.37. The molecule has 1 unspecified atom stereocenters. The molecule has 2 aliphatic heterocycles. The fraction of sp³-hybridized carbons (Fsp3) is 0.650. The lowest BCUT2D eigenvalue weighted by Gasteiger charge is -2.34. The number of carbonyl (C=O) groups is 1. The fourth-order valence-electron chi connectivity index (χ4n) is 3.94. The van der Waals surface area contributed by atoms with Gasteiger partial charge in [-0.05, 0) is 50.8 Å². The zero-order valence-electron chi connectivity index (χ0n) is 16.9. The van der Waals surface area contributed by atoms with Gasteiger partial charge in [-0.3, -0.25) is 9.69 Å². The van der Waals surface area contributed by atoms with Crippen molar-refractivity contribution < 1.29 is 19.2 Å². The summed E-state index contributed by atoms with van der Waals surface area (Å²) in [5, 5.41) is 10.6. The molecule has 3 rings (SSSR count). The Balaban J connectivity index is 1.67. The number of Topliss-reactive ketones (excluding diaryl/α,β-unsaturated/α-hetero) is 1. The van der Waals surface area contributed by atoms with E-state index in [4.69, 9.17) is 10.5 Å². The fourth-order valence-corrected chi connectivity index (χ4v) is 5.33. The first-order valence-electron chi connectivity index (χ1n) is 9.89. The SMILES string of the molecule is Cc1cc(CN2CCC(OC(C)C)CC2)cc(O)c1N1CC(=O)[C@@H](N)C[S+]1[O-]. The number of hydrogen-bond donors (Lipinski definition) is 2. The van der Waals surface area contributed by atoms with E-state index in [1.807, 2.05) is 13.0 Å². The molecule has 0 radical (unpaired) electrons. The summed E-state index contributed by atoms with van der Waals surface area (Å²) in [6.07, 6.45) is 2.60. The quantitative estimate of drug-likeness (QED) is 0.710. The van der Waals surface area contributed by atoms with Crippen LogP contribution in [-0.2, 0) is 27.4 Å². The molecule has 0 aromatic heterocycles. The monoisotopic (exact) mass is 409 g/mol. The molecular formula is C20H31N3O4S. The van der Waals surface area contributed by atoms with Gasteiger partial charge in [0.05, 0.1) is 23.6 Å². The van der Waals surface area contributed by atoms with Crippen molar-refractivity contribution >= 4 is 22.8 Å². The first-order chi connectivity index (χ1) is 13.2. The molecule has 2 fully saturated rings. The minimum atomic E-state index is -1.42. The zero-order valence-corrected chi connectivity index (χ0v) is 17.7. The molecule has 2 saturated heterocycles. The lowest BCUT2D eigenvalue weighted by Crippen LogP contribution is -2.54. The van der Waals surface area contributed by atoms with E-state index in [9.17, 15) is 14.5 Å². The van der Waals surface area contributed by atoms with Gasteiger partial charge in [0.15, 0.2) is 11.5 Å². The Morgan fingerprint density at radius 2 is 2.04 bits per heavy atom. The molecule has 0 aliphatic carbocycles. The zero-order chi connectivity index (χ0) is 20.4. The Bertz CT molecular complexity index is 684. The Morgan fingerprint density at radius 3 is 2.64 bits per heavy atom. The summed E-state index contributed by atoms with van der Waals surface area (Å²) >= 11 is -1.42. The van der Waals surface area contributed by atoms with Crippen LogP contribution in [0.25, 0.3) is 0 Å². The molecule has 1 aromatic rings. The number of anilines is 1. The number of ether oxygens (including phenoxy) is 1. The van der Waals surface area contributed by atoms with E-state index in [0.29, 0.717) is 11.8 Å². The summed E-state index contributed by atoms with van der Waals surface area (Å²) in [7, 11) is 0. The van der Waals surface area contributed by atoms with Crippen molar-refractivity contribution in [3.63, 3.8) is 0 Å². The Morgan fingerprint density at radius 1 is 1.36 bits per heavy atom. The average Bonchev–Trinajstić information content (AvgIpc) is 2.60. The predicted octanol–water partition coefficient (Wildman–Crippen LogP) is 1.47. The Hall–Kier alpha value is -1.32. The largest absolute Gasteiger partial charge is 0.593 e. The number of benzene rings is 1. The molecule has 0 spiro atoms. The maximum Gasteiger partial charge on any atom is 0.178 e. The summed E-state index contributed by atoms with van der Waals surface area (Å²) < 4.78 is 19.8. The summed E-state index contributed by atoms with van der Waals surface area (Å²) in [4.78, 5) is 14.3. The second-order valence-electron chi connectivity index (χ2n) is 8.04. The first kappa shape index (κ1) is 21.4. The predicted molar refractivity (Wildman–Crippen MR) is 111 cm³/mol. The maximum atomic E-state index is 12.4. The Kier molecular flexibility index (Phi) is 6.88. The molecule has 0 bridgehead atoms. The molecule has 28 heavy (non-hydrogen) atoms. The van der Waals surface area contributed by atoms with Crippen molar-refractivity contribution in [2.24, 2.45) is 5.73 Å². The van der Waals surface area contributed by atoms with Crippen LogP contribution in [0.1, 0.15) is 37.8 Å². The van der Waals surface area contributed by atoms with Gasteiger partial charge in [0.1, 0.15) is 24.0 Å². The molecule has 2 atom stereocenters. The van der Waals surface area contributed by atoms with Crippen LogP contribution < -0.4 is 10.0 Å². The van der Waals surface area contributed by atoms with Crippen LogP contribution in [0.4, 0.5) is 5.69 Å². The number of hydrogen-bond acceptors (Lipinski definition) is 7. The van der Waals surface area contributed by atoms with E-state index in [1.165, 1.54) is 4.31 Å². The van der Waals surface area contributed by atoms with Crippen LogP contribution in [0, 0.1) is 6.92 Å². The van der Waals surface area contributed by atoms with Gasteiger partial charge in [-0.15, -0.1) is 0 Å². The number of phenolic OH excluding ortho intramolecular Hbond substituents is 1. The topological polar surface area (TPSA) is 102 Å². The third-order valence-electron chi connectivity index (χ3n) is 5.28. The summed E-state index contributed by atoms with van der Waals surface area (Å²) in [6, 6.07) is 3.03. The molecular weight excluding hydrogens is 378 g/mol. The maximum absolute atomic E-state index is 12.4. The number of rotatable bonds is 5. The molecule has 8 heteroatoms. The first-order valence-corrected chi connectivity index (χ1v) is 11.2. The number of likely N-dealkylation sites (tertiary alicyclic amines) is 1. The molecule has 1 aromatic carbocycles. The van der Waals surface area contributed by atoms with Crippen LogP contribution >= 0.6 is 0 Å². The number of aromatic hydroxyl groups is 1. The van der Waals surface area contributed by atoms with Crippen LogP contribution in [0.5, 0.6) is 5.75 Å². The Labute approximate surface area is 170 Å². The van der Waals surface area contributed by atoms with Gasteiger partial charge in [0, 0.05) is 19.6 Å². The standard InChI is InChI=1S/C20H31N3O4S/c1-13(2)27-16-4-6-22(7-5-16)10-15-8-14(3)20(18(24)9-15)23-11-19(25)17(21)12-28(23)26/h8-9,13,16-17,24H,4-7,10-12,21H2,1-3H3/t17-,28?/m0/s1. The third kappa shape index (κ3) is 4.99. The van der Waals surface area contributed by atoms with Crippen LogP contribution in [-0.4, -0.2) is 64.0 Å². The minimum Gasteiger partial charge on any atom is -0.593 e. The number of aryl methyl sites for hydroxylation is 1. The minimum absolute atomic E-state index is 0.0368. The van der Waals surface area contributed by atoms with E-state index in [1.54, 1.807) is 6.07 Å². The summed E-state index contributed by atoms with van der Waals surface area (Å²) in [5.41, 5.74) is 7.98. The second-order valence-corrected chi connectivity index (χ2v) is 9.46. The molecule has 3 N–H and O–H groups in total. The number of piperidine rings is 1. The highest BCUT2D eigenvalue weighted by Crippen LogP contribution is 2.36. The summed E-state index contributed by atoms with van der Waals surface area (Å²) in [6.45, 7) is 8.63. The van der Waals surface area contributed by atoms with Gasteiger partial charge < -0.3 is 20.1 Å². The molecule has 7 nitrogen and oxygen atoms in total. The molecule has 2 heterocycles. The van der Waals surface area contributed by atoms with Gasteiger partial charge in [-0.2, -0.15) is 4.31 Å². The third-order valence-corrected chi connectivity index (χ3v) is 6.72. The number of ketones is 1. The van der Waals surface area contributed by atoms with Crippen molar-refractivity contribution in [1.82, 2.24) is 4.90 Å². The van der Waals surface area contributed by atoms with Crippen molar-refractivity contribution in [3.05, 3.63) is 23.3 Å². The van der Waals surface area contributed by atoms with E-state index in [0.717, 1.165) is 43.6 Å². The second kappa shape index (κ2) is 9.00. The molecule has 2 aliphatic rings. The van der Waals surface area contributed by atoms with Crippen molar-refractivity contribution in [2.75, 3.05) is 29.7 Å². The van der Waals surface area contributed by atoms with E-state index >= 15 is 0 Å². The number of nitrogens with zero attached hydrogens (tertiary/aromatic N) is 2.